The maximum absolute atomic E-state index is 12.5. The topological polar surface area (TPSA) is 59.0 Å². The van der Waals surface area contributed by atoms with Crippen LogP contribution in [0.3, 0.4) is 0 Å². The van der Waals surface area contributed by atoms with Crippen LogP contribution in [-0.2, 0) is 0 Å². The van der Waals surface area contributed by atoms with Crippen molar-refractivity contribution < 1.29 is 4.79 Å². The van der Waals surface area contributed by atoms with E-state index >= 15 is 0 Å². The van der Waals surface area contributed by atoms with Gasteiger partial charge in [0.15, 0.2) is 0 Å². The van der Waals surface area contributed by atoms with Crippen molar-refractivity contribution in [1.82, 2.24) is 20.4 Å². The van der Waals surface area contributed by atoms with E-state index in [4.69, 9.17) is 0 Å². The number of halogens is 1. The molecular formula is C17H29ClN4O. The first-order valence-corrected chi connectivity index (χ1v) is 8.63. The summed E-state index contributed by atoms with van der Waals surface area (Å²) in [5.74, 6) is -0.0255. The van der Waals surface area contributed by atoms with Gasteiger partial charge < -0.3 is 10.6 Å². The number of aromatic nitrogens is 2. The van der Waals surface area contributed by atoms with Gasteiger partial charge in [-0.1, -0.05) is 26.7 Å². The molecule has 0 radical (unpaired) electrons. The lowest BCUT2D eigenvalue weighted by molar-refractivity contribution is 0.0847. The predicted octanol–water partition coefficient (Wildman–Crippen LogP) is 2.93. The van der Waals surface area contributed by atoms with Crippen LogP contribution in [-0.4, -0.2) is 34.8 Å². The zero-order valence-corrected chi connectivity index (χ0v) is 15.0. The number of carbonyl (C=O) groups excluding carboxylic acids is 1. The largest absolute Gasteiger partial charge is 0.347 e. The van der Waals surface area contributed by atoms with Crippen LogP contribution in [0.5, 0.6) is 0 Å². The molecule has 130 valence electrons. The molecule has 1 aromatic heterocycles. The van der Waals surface area contributed by atoms with E-state index in [9.17, 15) is 4.79 Å². The van der Waals surface area contributed by atoms with Gasteiger partial charge in [-0.15, -0.1) is 12.4 Å². The number of nitrogens with one attached hydrogen (secondary N) is 2. The van der Waals surface area contributed by atoms with Gasteiger partial charge in [0.2, 0.25) is 0 Å². The summed E-state index contributed by atoms with van der Waals surface area (Å²) >= 11 is 0. The summed E-state index contributed by atoms with van der Waals surface area (Å²) in [5, 5.41) is 11.1. The summed E-state index contributed by atoms with van der Waals surface area (Å²) in [5.41, 5.74) is 0.732. The van der Waals surface area contributed by atoms with Crippen LogP contribution < -0.4 is 10.6 Å². The Balaban J connectivity index is 0.00000192. The first-order valence-electron chi connectivity index (χ1n) is 8.63. The zero-order valence-electron chi connectivity index (χ0n) is 14.2. The second kappa shape index (κ2) is 7.67. The fourth-order valence-corrected chi connectivity index (χ4v) is 3.72. The van der Waals surface area contributed by atoms with Gasteiger partial charge in [0, 0.05) is 18.8 Å². The molecule has 5 nitrogen and oxygen atoms in total. The molecule has 2 N–H and O–H groups in total. The van der Waals surface area contributed by atoms with Crippen LogP contribution in [0, 0.1) is 5.41 Å². The van der Waals surface area contributed by atoms with Crippen molar-refractivity contribution in [3.05, 3.63) is 18.0 Å². The number of carbonyl (C=O) groups is 1. The molecule has 6 heteroatoms. The number of hydrogen-bond donors (Lipinski definition) is 2. The first kappa shape index (κ1) is 18.3. The van der Waals surface area contributed by atoms with E-state index in [1.54, 1.807) is 0 Å². The average molecular weight is 341 g/mol. The van der Waals surface area contributed by atoms with E-state index in [1.165, 1.54) is 25.7 Å². The molecule has 2 unspecified atom stereocenters. The molecule has 0 bridgehead atoms. The smallest absolute Gasteiger partial charge is 0.272 e. The second-order valence-corrected chi connectivity index (χ2v) is 7.44. The van der Waals surface area contributed by atoms with Gasteiger partial charge in [-0.25, -0.2) is 0 Å². The first-order chi connectivity index (χ1) is 10.6. The minimum absolute atomic E-state index is 0. The van der Waals surface area contributed by atoms with Crippen molar-refractivity contribution >= 4 is 18.3 Å². The fourth-order valence-electron chi connectivity index (χ4n) is 3.72. The maximum Gasteiger partial charge on any atom is 0.272 e. The quantitative estimate of drug-likeness (QED) is 0.889. The van der Waals surface area contributed by atoms with Crippen LogP contribution in [0.2, 0.25) is 0 Å². The summed E-state index contributed by atoms with van der Waals surface area (Å²) in [4.78, 5) is 12.5. The monoisotopic (exact) mass is 340 g/mol. The van der Waals surface area contributed by atoms with E-state index in [0.717, 1.165) is 25.9 Å². The molecule has 0 aromatic carbocycles. The predicted molar refractivity (Wildman–Crippen MR) is 94.1 cm³/mol. The van der Waals surface area contributed by atoms with E-state index in [0.29, 0.717) is 11.7 Å². The number of piperidine rings is 1. The van der Waals surface area contributed by atoms with E-state index in [1.807, 2.05) is 16.9 Å². The summed E-state index contributed by atoms with van der Waals surface area (Å²) in [6.07, 6.45) is 8.97. The molecule has 1 amide bonds. The Labute approximate surface area is 145 Å². The van der Waals surface area contributed by atoms with Crippen molar-refractivity contribution in [2.75, 3.05) is 13.1 Å². The molecule has 1 saturated carbocycles. The molecule has 2 fully saturated rings. The molecule has 1 saturated heterocycles. The van der Waals surface area contributed by atoms with Crippen LogP contribution in [0.4, 0.5) is 0 Å². The molecule has 2 aliphatic rings. The van der Waals surface area contributed by atoms with Gasteiger partial charge in [0.25, 0.3) is 5.91 Å². The molecule has 1 aliphatic heterocycles. The lowest BCUT2D eigenvalue weighted by Gasteiger charge is -2.38. The number of nitrogens with zero attached hydrogens (tertiary/aromatic N) is 2. The molecule has 1 aliphatic carbocycles. The van der Waals surface area contributed by atoms with E-state index < -0.39 is 0 Å². The van der Waals surface area contributed by atoms with Crippen molar-refractivity contribution in [2.45, 2.75) is 64.5 Å². The SMILES string of the molecule is CC1(C)CCCCC1NC(=O)c1ccn(C2CCCNC2)n1.Cl. The molecule has 0 spiro atoms. The highest BCUT2D eigenvalue weighted by atomic mass is 35.5. The van der Waals surface area contributed by atoms with Gasteiger partial charge in [-0.2, -0.15) is 5.10 Å². The van der Waals surface area contributed by atoms with E-state index in [2.05, 4.69) is 29.6 Å². The Morgan fingerprint density at radius 1 is 1.35 bits per heavy atom. The van der Waals surface area contributed by atoms with Crippen LogP contribution in [0.25, 0.3) is 0 Å². The lowest BCUT2D eigenvalue weighted by atomic mass is 9.73. The minimum Gasteiger partial charge on any atom is -0.347 e. The molecular weight excluding hydrogens is 312 g/mol. The highest BCUT2D eigenvalue weighted by Crippen LogP contribution is 2.35. The second-order valence-electron chi connectivity index (χ2n) is 7.44. The molecule has 3 rings (SSSR count). The van der Waals surface area contributed by atoms with Crippen LogP contribution in [0.15, 0.2) is 12.3 Å². The van der Waals surface area contributed by atoms with Crippen LogP contribution >= 0.6 is 12.4 Å². The molecule has 2 atom stereocenters. The molecule has 1 aromatic rings. The van der Waals surface area contributed by atoms with Crippen molar-refractivity contribution in [1.29, 1.82) is 0 Å². The Morgan fingerprint density at radius 3 is 2.87 bits per heavy atom. The average Bonchev–Trinajstić information content (AvgIpc) is 3.00. The number of amides is 1. The summed E-state index contributed by atoms with van der Waals surface area (Å²) in [6.45, 7) is 6.53. The summed E-state index contributed by atoms with van der Waals surface area (Å²) < 4.78 is 1.95. The Morgan fingerprint density at radius 2 is 2.17 bits per heavy atom. The third-order valence-electron chi connectivity index (χ3n) is 5.30. The minimum atomic E-state index is -0.0255. The van der Waals surface area contributed by atoms with Gasteiger partial charge in [-0.05, 0) is 43.7 Å². The number of hydrogen-bond acceptors (Lipinski definition) is 3. The highest BCUT2D eigenvalue weighted by molar-refractivity contribution is 5.92. The fraction of sp³-hybridized carbons (Fsp3) is 0.765. The van der Waals surface area contributed by atoms with Crippen molar-refractivity contribution in [3.63, 3.8) is 0 Å². The third kappa shape index (κ3) is 4.27. The number of rotatable bonds is 3. The molecule has 2 heterocycles. The van der Waals surface area contributed by atoms with Crippen molar-refractivity contribution in [2.24, 2.45) is 5.41 Å². The standard InChI is InChI=1S/C17H28N4O.ClH/c1-17(2)9-4-3-7-15(17)19-16(22)14-8-11-21(20-14)13-6-5-10-18-12-13;/h8,11,13,15,18H,3-7,9-10,12H2,1-2H3,(H,19,22);1H. The summed E-state index contributed by atoms with van der Waals surface area (Å²) in [6, 6.07) is 2.48. The molecule has 23 heavy (non-hydrogen) atoms. The zero-order chi connectivity index (χ0) is 15.6. The highest BCUT2D eigenvalue weighted by Gasteiger charge is 2.33. The van der Waals surface area contributed by atoms with E-state index in [-0.39, 0.29) is 29.8 Å². The summed E-state index contributed by atoms with van der Waals surface area (Å²) in [7, 11) is 0. The maximum atomic E-state index is 12.5. The third-order valence-corrected chi connectivity index (χ3v) is 5.30. The lowest BCUT2D eigenvalue weighted by Crippen LogP contribution is -2.47. The van der Waals surface area contributed by atoms with Crippen LogP contribution in [0.1, 0.15) is 68.9 Å². The van der Waals surface area contributed by atoms with Gasteiger partial charge in [0.1, 0.15) is 5.69 Å². The Hall–Kier alpha value is -1.07. The van der Waals surface area contributed by atoms with Gasteiger partial charge in [0.05, 0.1) is 6.04 Å². The van der Waals surface area contributed by atoms with Gasteiger partial charge >= 0.3 is 0 Å². The van der Waals surface area contributed by atoms with Crippen molar-refractivity contribution in [3.8, 4) is 0 Å². The normalized spacial score (nSPS) is 27.0. The van der Waals surface area contributed by atoms with Gasteiger partial charge in [-0.3, -0.25) is 9.48 Å². The Kier molecular flexibility index (Phi) is 6.09. The Bertz CT molecular complexity index is 522.